The van der Waals surface area contributed by atoms with Crippen LogP contribution in [0, 0.1) is 5.82 Å². The van der Waals surface area contributed by atoms with Crippen LogP contribution in [-0.4, -0.2) is 49.4 Å². The Morgan fingerprint density at radius 1 is 1.23 bits per heavy atom. The van der Waals surface area contributed by atoms with E-state index in [2.05, 4.69) is 10.0 Å². The van der Waals surface area contributed by atoms with E-state index in [0.29, 0.717) is 24.3 Å². The zero-order valence-electron chi connectivity index (χ0n) is 16.6. The van der Waals surface area contributed by atoms with Gasteiger partial charge in [-0.2, -0.15) is 0 Å². The Morgan fingerprint density at radius 3 is 2.71 bits per heavy atom. The molecule has 2 aromatic carbocycles. The van der Waals surface area contributed by atoms with Crippen LogP contribution in [0.4, 0.5) is 19.7 Å². The molecule has 160 valence electrons. The number of amides is 2. The molecule has 0 N–H and O–H groups in total. The average molecular weight is 425 g/mol. The van der Waals surface area contributed by atoms with Crippen molar-refractivity contribution < 1.29 is 23.5 Å². The first-order chi connectivity index (χ1) is 15.0. The van der Waals surface area contributed by atoms with E-state index in [0.717, 1.165) is 5.56 Å². The minimum absolute atomic E-state index is 0.0254. The van der Waals surface area contributed by atoms with Gasteiger partial charge in [0.15, 0.2) is 0 Å². The van der Waals surface area contributed by atoms with Gasteiger partial charge < -0.3 is 14.4 Å². The summed E-state index contributed by atoms with van der Waals surface area (Å²) in [6, 6.07) is 13.9. The molecule has 0 radical (unpaired) electrons. The quantitative estimate of drug-likeness (QED) is 0.393. The van der Waals surface area contributed by atoms with Gasteiger partial charge in [0.2, 0.25) is 0 Å². The van der Waals surface area contributed by atoms with Gasteiger partial charge in [-0.1, -0.05) is 41.5 Å². The zero-order valence-corrected chi connectivity index (χ0v) is 16.6. The lowest BCUT2D eigenvalue weighted by Crippen LogP contribution is -2.48. The summed E-state index contributed by atoms with van der Waals surface area (Å²) in [6.07, 6.45) is -1.60. The van der Waals surface area contributed by atoms with Crippen LogP contribution >= 0.6 is 0 Å². The molecular formula is C21H20FN5O4. The second-order valence-corrected chi connectivity index (χ2v) is 7.38. The Bertz CT molecular complexity index is 1020. The van der Waals surface area contributed by atoms with Crippen LogP contribution in [-0.2, 0) is 16.1 Å². The van der Waals surface area contributed by atoms with Crippen LogP contribution < -0.4 is 4.90 Å². The Kier molecular flexibility index (Phi) is 5.90. The lowest BCUT2D eigenvalue weighted by molar-refractivity contribution is 0.0658. The lowest BCUT2D eigenvalue weighted by atomic mass is 9.91. The van der Waals surface area contributed by atoms with Crippen molar-refractivity contribution in [1.82, 2.24) is 4.90 Å². The highest BCUT2D eigenvalue weighted by atomic mass is 19.1. The van der Waals surface area contributed by atoms with Crippen LogP contribution in [0.15, 0.2) is 53.6 Å². The number of hydrogen-bond acceptors (Lipinski definition) is 5. The normalized spacial score (nSPS) is 18.2. The number of nitrogens with zero attached hydrogens (tertiary/aromatic N) is 5. The molecule has 0 aliphatic carbocycles. The molecule has 2 amide bonds. The van der Waals surface area contributed by atoms with Gasteiger partial charge in [-0.15, -0.1) is 0 Å². The number of likely N-dealkylation sites (tertiary alicyclic amines) is 1. The van der Waals surface area contributed by atoms with Crippen LogP contribution in [0.1, 0.15) is 17.0 Å². The van der Waals surface area contributed by atoms with E-state index in [4.69, 9.17) is 15.0 Å². The predicted octanol–water partition coefficient (Wildman–Crippen LogP) is 4.20. The molecule has 1 unspecified atom stereocenters. The number of anilines is 1. The molecule has 2 aliphatic rings. The standard InChI is InChI=1S/C21H20FN5O4/c22-19-8-16(27-12-17(9-24-25-23)31-21(27)29)6-7-18(19)15-10-26(11-15)20(28)30-13-14-4-2-1-3-5-14/h1-8,15,17H,9-13H2. The van der Waals surface area contributed by atoms with Gasteiger partial charge in [0, 0.05) is 23.9 Å². The van der Waals surface area contributed by atoms with Gasteiger partial charge in [0.1, 0.15) is 18.5 Å². The fraction of sp³-hybridized carbons (Fsp3) is 0.333. The SMILES string of the molecule is [N-]=[N+]=NCC1CN(c2ccc(C3CN(C(=O)OCc4ccccc4)C3)c(F)c2)C(=O)O1. The van der Waals surface area contributed by atoms with E-state index in [1.54, 1.807) is 12.1 Å². The van der Waals surface area contributed by atoms with Crippen molar-refractivity contribution >= 4 is 17.9 Å². The Labute approximate surface area is 177 Å². The Hall–Kier alpha value is -3.78. The first-order valence-electron chi connectivity index (χ1n) is 9.79. The summed E-state index contributed by atoms with van der Waals surface area (Å²) in [5, 5.41) is 3.40. The highest BCUT2D eigenvalue weighted by molar-refractivity contribution is 5.89. The fourth-order valence-corrected chi connectivity index (χ4v) is 3.61. The highest BCUT2D eigenvalue weighted by Crippen LogP contribution is 2.32. The molecule has 4 rings (SSSR count). The van der Waals surface area contributed by atoms with Gasteiger partial charge >= 0.3 is 12.2 Å². The summed E-state index contributed by atoms with van der Waals surface area (Å²) in [4.78, 5) is 29.6. The van der Waals surface area contributed by atoms with Gasteiger partial charge in [0.25, 0.3) is 0 Å². The van der Waals surface area contributed by atoms with Crippen molar-refractivity contribution in [3.05, 3.63) is 75.9 Å². The van der Waals surface area contributed by atoms with Gasteiger partial charge in [-0.05, 0) is 28.8 Å². The average Bonchev–Trinajstić information content (AvgIpc) is 3.12. The van der Waals surface area contributed by atoms with Gasteiger partial charge in [-0.25, -0.2) is 14.0 Å². The van der Waals surface area contributed by atoms with Crippen molar-refractivity contribution in [3.63, 3.8) is 0 Å². The van der Waals surface area contributed by atoms with Crippen molar-refractivity contribution in [2.75, 3.05) is 31.1 Å². The van der Waals surface area contributed by atoms with Gasteiger partial charge in [-0.3, -0.25) is 4.90 Å². The van der Waals surface area contributed by atoms with Crippen molar-refractivity contribution in [3.8, 4) is 0 Å². The number of carbonyl (C=O) groups is 2. The molecule has 2 aromatic rings. The minimum atomic E-state index is -0.610. The van der Waals surface area contributed by atoms with Crippen LogP contribution in [0.5, 0.6) is 0 Å². The van der Waals surface area contributed by atoms with Gasteiger partial charge in [0.05, 0.1) is 18.8 Å². The minimum Gasteiger partial charge on any atom is -0.445 e. The summed E-state index contributed by atoms with van der Waals surface area (Å²) in [5.74, 6) is -0.590. The number of carbonyl (C=O) groups excluding carboxylic acids is 2. The number of hydrogen-bond donors (Lipinski definition) is 0. The van der Waals surface area contributed by atoms with Crippen LogP contribution in [0.25, 0.3) is 10.4 Å². The zero-order chi connectivity index (χ0) is 21.8. The highest BCUT2D eigenvalue weighted by Gasteiger charge is 2.36. The maximum atomic E-state index is 14.7. The van der Waals surface area contributed by atoms with E-state index in [-0.39, 0.29) is 25.6 Å². The Morgan fingerprint density at radius 2 is 2.00 bits per heavy atom. The third-order valence-electron chi connectivity index (χ3n) is 5.30. The molecule has 2 fully saturated rings. The summed E-state index contributed by atoms with van der Waals surface area (Å²) >= 11 is 0. The second-order valence-electron chi connectivity index (χ2n) is 7.38. The molecule has 0 spiro atoms. The molecule has 2 saturated heterocycles. The molecule has 1 atom stereocenters. The first-order valence-corrected chi connectivity index (χ1v) is 9.79. The molecule has 0 bridgehead atoms. The number of rotatable bonds is 6. The van der Waals surface area contributed by atoms with E-state index in [1.165, 1.54) is 15.9 Å². The van der Waals surface area contributed by atoms with Crippen LogP contribution in [0.2, 0.25) is 0 Å². The smallest absolute Gasteiger partial charge is 0.414 e. The fourth-order valence-electron chi connectivity index (χ4n) is 3.61. The number of ether oxygens (including phenoxy) is 2. The predicted molar refractivity (Wildman–Crippen MR) is 109 cm³/mol. The van der Waals surface area contributed by atoms with Crippen molar-refractivity contribution in [2.45, 2.75) is 18.6 Å². The first kappa shape index (κ1) is 20.5. The third-order valence-corrected chi connectivity index (χ3v) is 5.30. The summed E-state index contributed by atoms with van der Waals surface area (Å²) in [7, 11) is 0. The van der Waals surface area contributed by atoms with E-state index in [1.807, 2.05) is 30.3 Å². The maximum Gasteiger partial charge on any atom is 0.414 e. The van der Waals surface area contributed by atoms with Crippen molar-refractivity contribution in [2.24, 2.45) is 5.11 Å². The number of halogens is 1. The molecule has 0 aromatic heterocycles. The lowest BCUT2D eigenvalue weighted by Gasteiger charge is -2.38. The van der Waals surface area contributed by atoms with E-state index in [9.17, 15) is 14.0 Å². The Balaban J connectivity index is 1.32. The molecule has 2 aliphatic heterocycles. The molecular weight excluding hydrogens is 405 g/mol. The second kappa shape index (κ2) is 8.93. The number of cyclic esters (lactones) is 1. The molecule has 2 heterocycles. The molecule has 9 nitrogen and oxygen atoms in total. The van der Waals surface area contributed by atoms with E-state index >= 15 is 0 Å². The van der Waals surface area contributed by atoms with Crippen molar-refractivity contribution in [1.29, 1.82) is 0 Å². The molecule has 31 heavy (non-hydrogen) atoms. The summed E-state index contributed by atoms with van der Waals surface area (Å²) in [5.41, 5.74) is 10.1. The maximum absolute atomic E-state index is 14.7. The molecule has 10 heteroatoms. The monoisotopic (exact) mass is 425 g/mol. The number of benzene rings is 2. The molecule has 0 saturated carbocycles. The summed E-state index contributed by atoms with van der Waals surface area (Å²) in [6.45, 7) is 1.13. The summed E-state index contributed by atoms with van der Waals surface area (Å²) < 4.78 is 25.1. The topological polar surface area (TPSA) is 108 Å². The number of azide groups is 1. The van der Waals surface area contributed by atoms with Crippen LogP contribution in [0.3, 0.4) is 0 Å². The largest absolute Gasteiger partial charge is 0.445 e. The van der Waals surface area contributed by atoms with E-state index < -0.39 is 24.1 Å². The third kappa shape index (κ3) is 4.54.